The van der Waals surface area contributed by atoms with Crippen LogP contribution in [0.4, 0.5) is 0 Å². The maximum atomic E-state index is 13.1. The highest BCUT2D eigenvalue weighted by Gasteiger charge is 2.31. The van der Waals surface area contributed by atoms with Crippen molar-refractivity contribution in [2.45, 2.75) is 50.7 Å². The summed E-state index contributed by atoms with van der Waals surface area (Å²) in [7, 11) is 0. The molecule has 0 N–H and O–H groups in total. The maximum Gasteiger partial charge on any atom is 0.260 e. The first-order valence-electron chi connectivity index (χ1n) is 12.6. The Bertz CT molecular complexity index is 879. The Hall–Kier alpha value is -2.37. The maximum absolute atomic E-state index is 13.1. The number of hydrogen-bond acceptors (Lipinski definition) is 4. The van der Waals surface area contributed by atoms with Crippen LogP contribution in [0.3, 0.4) is 0 Å². The number of amides is 1. The smallest absolute Gasteiger partial charge is 0.260 e. The first kappa shape index (κ1) is 22.4. The van der Waals surface area contributed by atoms with E-state index in [1.54, 1.807) is 0 Å². The standard InChI is InChI=1S/C28H36N2O3/c31-28(21-33-26-9-2-1-3-10-26)30(20-27-11-6-16-32-27)19-22-12-14-29(15-13-22)25-17-23-7-4-5-8-24(23)18-25/h1-5,7-10,22,25,27H,6,11-21H2/t27-/m0/s1. The molecule has 0 spiro atoms. The minimum atomic E-state index is 0.0722. The van der Waals surface area contributed by atoms with E-state index in [4.69, 9.17) is 9.47 Å². The van der Waals surface area contributed by atoms with Crippen molar-refractivity contribution in [2.75, 3.05) is 39.4 Å². The number of piperidine rings is 1. The molecule has 2 fully saturated rings. The summed E-state index contributed by atoms with van der Waals surface area (Å²) < 4.78 is 11.6. The molecular weight excluding hydrogens is 412 g/mol. The van der Waals surface area contributed by atoms with Gasteiger partial charge >= 0.3 is 0 Å². The molecule has 3 aliphatic rings. The second-order valence-electron chi connectivity index (χ2n) is 9.85. The first-order valence-corrected chi connectivity index (χ1v) is 12.6. The SMILES string of the molecule is O=C(COc1ccccc1)N(CC1CCN(C2Cc3ccccc3C2)CC1)C[C@@H]1CCCO1. The van der Waals surface area contributed by atoms with Crippen LogP contribution in [0.15, 0.2) is 54.6 Å². The predicted molar refractivity (Wildman–Crippen MR) is 129 cm³/mol. The molecule has 5 heteroatoms. The lowest BCUT2D eigenvalue weighted by Gasteiger charge is -2.38. The van der Waals surface area contributed by atoms with E-state index in [0.717, 1.165) is 57.7 Å². The van der Waals surface area contributed by atoms with Crippen LogP contribution in [-0.2, 0) is 22.4 Å². The highest BCUT2D eigenvalue weighted by molar-refractivity contribution is 5.77. The van der Waals surface area contributed by atoms with Gasteiger partial charge in [0.15, 0.2) is 6.61 Å². The van der Waals surface area contributed by atoms with Crippen molar-refractivity contribution in [3.63, 3.8) is 0 Å². The topological polar surface area (TPSA) is 42.0 Å². The second kappa shape index (κ2) is 10.7. The molecule has 0 aromatic heterocycles. The third kappa shape index (κ3) is 5.77. The molecule has 2 saturated heterocycles. The summed E-state index contributed by atoms with van der Waals surface area (Å²) in [4.78, 5) is 17.8. The summed E-state index contributed by atoms with van der Waals surface area (Å²) in [5.41, 5.74) is 3.05. The molecule has 33 heavy (non-hydrogen) atoms. The minimum Gasteiger partial charge on any atom is -0.484 e. The molecule has 0 bridgehead atoms. The Balaban J connectivity index is 1.14. The third-order valence-corrected chi connectivity index (χ3v) is 7.58. The summed E-state index contributed by atoms with van der Waals surface area (Å²) in [5, 5.41) is 0. The van der Waals surface area contributed by atoms with Crippen LogP contribution < -0.4 is 4.74 Å². The van der Waals surface area contributed by atoms with Crippen LogP contribution in [0.1, 0.15) is 36.8 Å². The lowest BCUT2D eigenvalue weighted by Crippen LogP contribution is -2.47. The van der Waals surface area contributed by atoms with Crippen LogP contribution >= 0.6 is 0 Å². The Morgan fingerprint density at radius 3 is 2.30 bits per heavy atom. The van der Waals surface area contributed by atoms with Gasteiger partial charge in [0.2, 0.25) is 0 Å². The highest BCUT2D eigenvalue weighted by atomic mass is 16.5. The van der Waals surface area contributed by atoms with Gasteiger partial charge in [0.1, 0.15) is 5.75 Å². The number of benzene rings is 2. The molecule has 5 rings (SSSR count). The summed E-state index contributed by atoms with van der Waals surface area (Å²) in [6.45, 7) is 4.67. The van der Waals surface area contributed by atoms with Crippen molar-refractivity contribution >= 4 is 5.91 Å². The first-order chi connectivity index (χ1) is 16.2. The van der Waals surface area contributed by atoms with Crippen molar-refractivity contribution < 1.29 is 14.3 Å². The molecule has 1 aliphatic carbocycles. The number of carbonyl (C=O) groups excluding carboxylic acids is 1. The van der Waals surface area contributed by atoms with Crippen LogP contribution in [-0.4, -0.2) is 67.2 Å². The Morgan fingerprint density at radius 1 is 0.939 bits per heavy atom. The fourth-order valence-electron chi connectivity index (χ4n) is 5.67. The van der Waals surface area contributed by atoms with Gasteiger partial charge in [-0.1, -0.05) is 42.5 Å². The molecule has 2 aromatic carbocycles. The summed E-state index contributed by atoms with van der Waals surface area (Å²) in [5.74, 6) is 1.36. The number of para-hydroxylation sites is 1. The zero-order valence-corrected chi connectivity index (χ0v) is 19.5. The van der Waals surface area contributed by atoms with Crippen molar-refractivity contribution in [1.82, 2.24) is 9.80 Å². The van der Waals surface area contributed by atoms with E-state index in [2.05, 4.69) is 29.2 Å². The van der Waals surface area contributed by atoms with E-state index in [0.29, 0.717) is 18.5 Å². The lowest BCUT2D eigenvalue weighted by atomic mass is 9.94. The van der Waals surface area contributed by atoms with E-state index in [9.17, 15) is 4.79 Å². The van der Waals surface area contributed by atoms with E-state index in [1.165, 1.54) is 24.0 Å². The van der Waals surface area contributed by atoms with Crippen molar-refractivity contribution in [3.8, 4) is 5.75 Å². The van der Waals surface area contributed by atoms with Crippen molar-refractivity contribution in [2.24, 2.45) is 5.92 Å². The molecule has 1 atom stereocenters. The van der Waals surface area contributed by atoms with Gasteiger partial charge in [0.25, 0.3) is 5.91 Å². The average Bonchev–Trinajstić information content (AvgIpc) is 3.53. The van der Waals surface area contributed by atoms with E-state index >= 15 is 0 Å². The largest absolute Gasteiger partial charge is 0.484 e. The molecule has 2 aliphatic heterocycles. The molecule has 176 valence electrons. The van der Waals surface area contributed by atoms with Crippen LogP contribution in [0.2, 0.25) is 0 Å². The molecule has 0 radical (unpaired) electrons. The van der Waals surface area contributed by atoms with Gasteiger partial charge in [-0.05, 0) is 80.8 Å². The highest BCUT2D eigenvalue weighted by Crippen LogP contribution is 2.29. The number of hydrogen-bond donors (Lipinski definition) is 0. The van der Waals surface area contributed by atoms with Crippen LogP contribution in [0.25, 0.3) is 0 Å². The average molecular weight is 449 g/mol. The van der Waals surface area contributed by atoms with E-state index in [-0.39, 0.29) is 18.6 Å². The Labute approximate surface area is 197 Å². The molecule has 2 aromatic rings. The molecule has 0 unspecified atom stereocenters. The Morgan fingerprint density at radius 2 is 1.64 bits per heavy atom. The Kier molecular flexibility index (Phi) is 7.27. The zero-order valence-electron chi connectivity index (χ0n) is 19.5. The van der Waals surface area contributed by atoms with Gasteiger partial charge in [-0.2, -0.15) is 0 Å². The van der Waals surface area contributed by atoms with E-state index in [1.807, 2.05) is 35.2 Å². The quantitative estimate of drug-likeness (QED) is 0.613. The molecular formula is C28H36N2O3. The number of likely N-dealkylation sites (tertiary alicyclic amines) is 1. The summed E-state index contributed by atoms with van der Waals surface area (Å²) in [6, 6.07) is 19.2. The monoisotopic (exact) mass is 448 g/mol. The van der Waals surface area contributed by atoms with Gasteiger partial charge in [-0.15, -0.1) is 0 Å². The van der Waals surface area contributed by atoms with Crippen molar-refractivity contribution in [3.05, 3.63) is 65.7 Å². The predicted octanol–water partition coefficient (Wildman–Crippen LogP) is 3.95. The fourth-order valence-corrected chi connectivity index (χ4v) is 5.67. The molecule has 0 saturated carbocycles. The second-order valence-corrected chi connectivity index (χ2v) is 9.85. The summed E-state index contributed by atoms with van der Waals surface area (Å²) >= 11 is 0. The number of carbonyl (C=O) groups is 1. The van der Waals surface area contributed by atoms with Crippen molar-refractivity contribution in [1.29, 1.82) is 0 Å². The minimum absolute atomic E-state index is 0.0722. The van der Waals surface area contributed by atoms with Gasteiger partial charge in [0.05, 0.1) is 6.10 Å². The van der Waals surface area contributed by atoms with Gasteiger partial charge in [-0.3, -0.25) is 9.69 Å². The van der Waals surface area contributed by atoms with Crippen LogP contribution in [0.5, 0.6) is 5.75 Å². The van der Waals surface area contributed by atoms with Gasteiger partial charge in [-0.25, -0.2) is 0 Å². The number of fused-ring (bicyclic) bond motifs is 1. The normalized spacial score (nSPS) is 21.8. The molecule has 5 nitrogen and oxygen atoms in total. The van der Waals surface area contributed by atoms with Gasteiger partial charge in [0, 0.05) is 25.7 Å². The number of ether oxygens (including phenoxy) is 2. The summed E-state index contributed by atoms with van der Waals surface area (Å²) in [6.07, 6.45) is 6.98. The van der Waals surface area contributed by atoms with E-state index < -0.39 is 0 Å². The van der Waals surface area contributed by atoms with Crippen LogP contribution in [0, 0.1) is 5.92 Å². The zero-order chi connectivity index (χ0) is 22.5. The number of rotatable bonds is 8. The lowest BCUT2D eigenvalue weighted by molar-refractivity contribution is -0.136. The van der Waals surface area contributed by atoms with Gasteiger partial charge < -0.3 is 14.4 Å². The fraction of sp³-hybridized carbons (Fsp3) is 0.536. The third-order valence-electron chi connectivity index (χ3n) is 7.58. The molecule has 2 heterocycles. The molecule has 1 amide bonds. The number of nitrogens with zero attached hydrogens (tertiary/aromatic N) is 2.